The highest BCUT2D eigenvalue weighted by Crippen LogP contribution is 2.21. The number of aromatic nitrogens is 2. The Labute approximate surface area is 168 Å². The molecule has 0 amide bonds. The van der Waals surface area contributed by atoms with Gasteiger partial charge in [0.05, 0.1) is 12.6 Å². The smallest absolute Gasteiger partial charge is 0.361 e. The van der Waals surface area contributed by atoms with E-state index in [1.807, 2.05) is 13.8 Å². The topological polar surface area (TPSA) is 94.7 Å². The molecule has 7 nitrogen and oxygen atoms in total. The van der Waals surface area contributed by atoms with Crippen LogP contribution in [-0.4, -0.2) is 22.2 Å². The summed E-state index contributed by atoms with van der Waals surface area (Å²) >= 11 is 3.19. The zero-order valence-electron chi connectivity index (χ0n) is 15.4. The van der Waals surface area contributed by atoms with E-state index in [-0.39, 0.29) is 40.5 Å². The molecule has 1 aromatic carbocycles. The monoisotopic (exact) mass is 460 g/mol. The van der Waals surface area contributed by atoms with Crippen molar-refractivity contribution in [3.63, 3.8) is 0 Å². The normalized spacial score (nSPS) is 10.9. The molecular weight excluding hydrogens is 440 g/mol. The van der Waals surface area contributed by atoms with Gasteiger partial charge < -0.3 is 9.84 Å². The highest BCUT2D eigenvalue weighted by atomic mass is 79.9. The molecule has 0 aliphatic heterocycles. The minimum Gasteiger partial charge on any atom is -0.481 e. The second kappa shape index (κ2) is 9.63. The van der Waals surface area contributed by atoms with Crippen molar-refractivity contribution < 1.29 is 28.4 Å². The van der Waals surface area contributed by atoms with Gasteiger partial charge in [0.2, 0.25) is 0 Å². The zero-order valence-corrected chi connectivity index (χ0v) is 17.0. The summed E-state index contributed by atoms with van der Waals surface area (Å²) in [7, 11) is 0. The maximum atomic E-state index is 13.8. The molecule has 0 radical (unpaired) electrons. The Morgan fingerprint density at radius 2 is 2.11 bits per heavy atom. The van der Waals surface area contributed by atoms with E-state index in [4.69, 9.17) is 9.84 Å². The van der Waals surface area contributed by atoms with Crippen LogP contribution < -0.4 is 20.6 Å². The van der Waals surface area contributed by atoms with E-state index in [0.717, 1.165) is 12.1 Å². The number of H-pyrrole nitrogens is 1. The fourth-order valence-electron chi connectivity index (χ4n) is 2.48. The molecule has 152 valence electrons. The van der Waals surface area contributed by atoms with Gasteiger partial charge in [-0.2, -0.15) is 4.57 Å². The van der Waals surface area contributed by atoms with Gasteiger partial charge in [-0.15, -0.1) is 0 Å². The predicted octanol–water partition coefficient (Wildman–Crippen LogP) is 3.14. The molecule has 0 bridgehead atoms. The summed E-state index contributed by atoms with van der Waals surface area (Å²) in [6.07, 6.45) is 0.352. The quantitative estimate of drug-likeness (QED) is 0.560. The first-order valence-corrected chi connectivity index (χ1v) is 9.39. The fraction of sp³-hybridized carbons (Fsp3) is 0.389. The SMILES string of the molecule is CC(C)n1c(NCCCC(=O)O)[nH+]c(OCc2ccc(F)cc2F)c(Br)c1=O. The summed E-state index contributed by atoms with van der Waals surface area (Å²) in [6.45, 7) is 3.74. The maximum absolute atomic E-state index is 13.8. The van der Waals surface area contributed by atoms with Crippen LogP contribution in [0.25, 0.3) is 0 Å². The van der Waals surface area contributed by atoms with Crippen molar-refractivity contribution in [2.45, 2.75) is 39.3 Å². The molecule has 2 rings (SSSR count). The lowest BCUT2D eigenvalue weighted by atomic mass is 10.2. The first-order valence-electron chi connectivity index (χ1n) is 8.60. The second-order valence-corrected chi connectivity index (χ2v) is 7.13. The number of nitrogens with one attached hydrogen (secondary N) is 2. The molecule has 0 aliphatic carbocycles. The molecule has 0 saturated heterocycles. The van der Waals surface area contributed by atoms with Crippen molar-refractivity contribution in [2.24, 2.45) is 0 Å². The number of anilines is 1. The number of ether oxygens (including phenoxy) is 1. The van der Waals surface area contributed by atoms with Crippen LogP contribution in [0.2, 0.25) is 0 Å². The van der Waals surface area contributed by atoms with E-state index in [0.29, 0.717) is 18.9 Å². The molecule has 0 spiro atoms. The average molecular weight is 461 g/mol. The van der Waals surface area contributed by atoms with Crippen LogP contribution in [0.15, 0.2) is 27.5 Å². The van der Waals surface area contributed by atoms with Gasteiger partial charge in [0.1, 0.15) is 18.2 Å². The summed E-state index contributed by atoms with van der Waals surface area (Å²) in [5.41, 5.74) is -0.241. The number of halogens is 3. The van der Waals surface area contributed by atoms with Crippen LogP contribution in [-0.2, 0) is 11.4 Å². The molecule has 3 N–H and O–H groups in total. The highest BCUT2D eigenvalue weighted by Gasteiger charge is 2.23. The van der Waals surface area contributed by atoms with E-state index in [1.165, 1.54) is 10.6 Å². The van der Waals surface area contributed by atoms with Gasteiger partial charge in [-0.25, -0.2) is 18.6 Å². The van der Waals surface area contributed by atoms with Crippen LogP contribution in [0.1, 0.15) is 38.3 Å². The predicted molar refractivity (Wildman–Crippen MR) is 101 cm³/mol. The molecule has 0 aliphatic rings. The van der Waals surface area contributed by atoms with Crippen LogP contribution in [0, 0.1) is 11.6 Å². The lowest BCUT2D eigenvalue weighted by Gasteiger charge is -2.13. The number of hydrogen-bond acceptors (Lipinski definition) is 4. The molecule has 1 aromatic heterocycles. The van der Waals surface area contributed by atoms with Gasteiger partial charge >= 0.3 is 17.5 Å². The number of rotatable bonds is 9. The Balaban J connectivity index is 2.25. The molecule has 28 heavy (non-hydrogen) atoms. The molecule has 0 fully saturated rings. The van der Waals surface area contributed by atoms with Crippen molar-refractivity contribution >= 4 is 27.8 Å². The Kier molecular flexibility index (Phi) is 7.50. The van der Waals surface area contributed by atoms with Crippen molar-refractivity contribution in [1.82, 2.24) is 4.57 Å². The third kappa shape index (κ3) is 5.51. The maximum Gasteiger partial charge on any atom is 0.361 e. The Bertz CT molecular complexity index is 918. The minimum atomic E-state index is -0.909. The van der Waals surface area contributed by atoms with Crippen molar-refractivity contribution in [3.8, 4) is 5.88 Å². The molecule has 0 atom stereocenters. The number of carboxylic acids is 1. The molecule has 10 heteroatoms. The molecular formula is C18H21BrF2N3O4+. The average Bonchev–Trinajstić information content (AvgIpc) is 2.61. The van der Waals surface area contributed by atoms with Crippen LogP contribution in [0.4, 0.5) is 14.7 Å². The minimum absolute atomic E-state index is 0.0113. The molecule has 1 heterocycles. The molecule has 0 saturated carbocycles. The van der Waals surface area contributed by atoms with Gasteiger partial charge in [0.15, 0.2) is 4.47 Å². The Hall–Kier alpha value is -2.49. The third-order valence-corrected chi connectivity index (χ3v) is 4.54. The summed E-state index contributed by atoms with van der Waals surface area (Å²) in [5.74, 6) is -1.94. The summed E-state index contributed by atoms with van der Waals surface area (Å²) in [6, 6.07) is 2.94. The highest BCUT2D eigenvalue weighted by molar-refractivity contribution is 9.10. The van der Waals surface area contributed by atoms with Gasteiger partial charge in [0.25, 0.3) is 5.88 Å². The first kappa shape index (κ1) is 21.8. The van der Waals surface area contributed by atoms with E-state index in [1.54, 1.807) is 0 Å². The number of benzene rings is 1. The Morgan fingerprint density at radius 1 is 1.39 bits per heavy atom. The number of carbonyl (C=O) groups is 1. The van der Waals surface area contributed by atoms with E-state index < -0.39 is 17.6 Å². The van der Waals surface area contributed by atoms with Crippen LogP contribution in [0.5, 0.6) is 5.88 Å². The Morgan fingerprint density at radius 3 is 2.71 bits per heavy atom. The van der Waals surface area contributed by atoms with Crippen LogP contribution in [0.3, 0.4) is 0 Å². The standard InChI is InChI=1S/C18H20BrF2N3O4/c1-10(2)24-17(27)15(19)16(23-18(24)22-7-3-4-14(25)26)28-9-11-5-6-12(20)8-13(11)21/h5-6,8,10H,3-4,7,9H2,1-2H3,(H,22,23)(H,25,26)/p+1. The third-order valence-electron chi connectivity index (χ3n) is 3.84. The van der Waals surface area contributed by atoms with Crippen molar-refractivity contribution in [3.05, 3.63) is 50.2 Å². The number of aliphatic carboxylic acids is 1. The molecule has 2 aromatic rings. The number of nitrogens with zero attached hydrogens (tertiary/aromatic N) is 1. The van der Waals surface area contributed by atoms with Crippen molar-refractivity contribution in [1.29, 1.82) is 0 Å². The summed E-state index contributed by atoms with van der Waals surface area (Å²) in [4.78, 5) is 26.2. The number of carboxylic acid groups (broad SMARTS) is 1. The lowest BCUT2D eigenvalue weighted by molar-refractivity contribution is -0.387. The first-order chi connectivity index (χ1) is 13.2. The summed E-state index contributed by atoms with van der Waals surface area (Å²) in [5, 5.41) is 11.7. The fourth-order valence-corrected chi connectivity index (χ4v) is 2.89. The van der Waals surface area contributed by atoms with Gasteiger partial charge in [-0.3, -0.25) is 10.1 Å². The lowest BCUT2D eigenvalue weighted by Crippen LogP contribution is -2.34. The number of hydrogen-bond donors (Lipinski definition) is 2. The van der Waals surface area contributed by atoms with Crippen molar-refractivity contribution in [2.75, 3.05) is 11.9 Å². The second-order valence-electron chi connectivity index (χ2n) is 6.33. The summed E-state index contributed by atoms with van der Waals surface area (Å²) < 4.78 is 33.9. The molecule has 0 unspecified atom stereocenters. The van der Waals surface area contributed by atoms with Crippen LogP contribution >= 0.6 is 15.9 Å². The van der Waals surface area contributed by atoms with E-state index >= 15 is 0 Å². The zero-order chi connectivity index (χ0) is 20.8. The number of aromatic amines is 1. The van der Waals surface area contributed by atoms with Gasteiger partial charge in [-0.05, 0) is 48.3 Å². The van der Waals surface area contributed by atoms with E-state index in [9.17, 15) is 18.4 Å². The van der Waals surface area contributed by atoms with E-state index in [2.05, 4.69) is 26.2 Å². The van der Waals surface area contributed by atoms with Gasteiger partial charge in [0, 0.05) is 18.1 Å². The van der Waals surface area contributed by atoms with Gasteiger partial charge in [-0.1, -0.05) is 0 Å². The largest absolute Gasteiger partial charge is 0.481 e.